The summed E-state index contributed by atoms with van der Waals surface area (Å²) in [4.78, 5) is 42.9. The predicted molar refractivity (Wildman–Crippen MR) is 221 cm³/mol. The summed E-state index contributed by atoms with van der Waals surface area (Å²) in [6.45, 7) is 7.62. The minimum atomic E-state index is -1.20. The molecule has 7 aliphatic rings. The number of nitrogens with one attached hydrogen (secondary N) is 2. The molecule has 14 nitrogen and oxygen atoms in total. The zero-order valence-electron chi connectivity index (χ0n) is 33.5. The molecule has 2 saturated heterocycles. The number of epoxide rings is 1. The molecule has 11 rings (SSSR count). The zero-order valence-corrected chi connectivity index (χ0v) is 33.5. The first-order valence-corrected chi connectivity index (χ1v) is 20.4. The predicted octanol–water partition coefficient (Wildman–Crippen LogP) is 3.66. The number of aromatic nitrogens is 2. The molecule has 6 aliphatic heterocycles. The molecule has 1 unspecified atom stereocenters. The highest BCUT2D eigenvalue weighted by Crippen LogP contribution is 2.59. The topological polar surface area (TPSA) is 205 Å². The fraction of sp³-hybridized carbons (Fsp3) is 0.400. The van der Waals surface area contributed by atoms with Crippen LogP contribution in [0.2, 0.25) is 0 Å². The van der Waals surface area contributed by atoms with E-state index < -0.39 is 35.3 Å². The number of aryl methyl sites for hydroxylation is 2. The minimum Gasteiger partial charge on any atom is -0.507 e. The number of hydrogen-bond donors (Lipinski definition) is 5. The number of carbonyl (C=O) groups excluding carboxylic acids is 1. The van der Waals surface area contributed by atoms with Gasteiger partial charge >= 0.3 is 5.97 Å². The van der Waals surface area contributed by atoms with Gasteiger partial charge in [-0.2, -0.15) is 0 Å². The van der Waals surface area contributed by atoms with Crippen molar-refractivity contribution in [2.24, 2.45) is 22.7 Å². The van der Waals surface area contributed by atoms with Gasteiger partial charge in [0.2, 0.25) is 0 Å². The average molecular weight is 799 g/mol. The van der Waals surface area contributed by atoms with Crippen LogP contribution < -0.4 is 31.8 Å². The Labute approximate surface area is 340 Å². The molecule has 304 valence electrons. The molecular formula is C45H48N7O7+. The van der Waals surface area contributed by atoms with Crippen LogP contribution in [0.1, 0.15) is 55.2 Å². The number of ether oxygens (including phenoxy) is 3. The number of pyridine rings is 2. The Bertz CT molecular complexity index is 2630. The van der Waals surface area contributed by atoms with Gasteiger partial charge in [-0.25, -0.2) is 14.8 Å². The van der Waals surface area contributed by atoms with Crippen LogP contribution in [-0.2, 0) is 27.2 Å². The molecule has 0 saturated carbocycles. The maximum atomic E-state index is 14.7. The largest absolute Gasteiger partial charge is 0.507 e. The Morgan fingerprint density at radius 2 is 1.88 bits per heavy atom. The molecule has 7 N–H and O–H groups in total. The van der Waals surface area contributed by atoms with E-state index in [4.69, 9.17) is 30.1 Å². The summed E-state index contributed by atoms with van der Waals surface area (Å²) >= 11 is 0. The van der Waals surface area contributed by atoms with E-state index in [1.807, 2.05) is 57.5 Å². The molecule has 0 radical (unpaired) electrons. The number of anilines is 2. The number of fused-ring (bicyclic) bond motifs is 5. The van der Waals surface area contributed by atoms with E-state index in [1.54, 1.807) is 13.0 Å². The number of nitrogens with zero attached hydrogens (tertiary/aromatic N) is 3. The van der Waals surface area contributed by atoms with Gasteiger partial charge in [-0.3, -0.25) is 14.7 Å². The van der Waals surface area contributed by atoms with Crippen molar-refractivity contribution in [2.75, 3.05) is 31.6 Å². The summed E-state index contributed by atoms with van der Waals surface area (Å²) in [5, 5.41) is 15.3. The highest BCUT2D eigenvalue weighted by Gasteiger charge is 2.70. The van der Waals surface area contributed by atoms with Gasteiger partial charge in [0.05, 0.1) is 17.5 Å². The van der Waals surface area contributed by atoms with E-state index in [2.05, 4.69) is 38.6 Å². The molecule has 59 heavy (non-hydrogen) atoms. The van der Waals surface area contributed by atoms with Crippen LogP contribution in [0.4, 0.5) is 11.6 Å². The fourth-order valence-electron chi connectivity index (χ4n) is 10.4. The molecule has 8 atom stereocenters. The molecule has 14 heteroatoms. The molecule has 2 fully saturated rings. The van der Waals surface area contributed by atoms with E-state index in [-0.39, 0.29) is 39.9 Å². The van der Waals surface area contributed by atoms with Crippen molar-refractivity contribution in [1.29, 1.82) is 0 Å². The summed E-state index contributed by atoms with van der Waals surface area (Å²) in [6.07, 6.45) is 10.8. The molecule has 4 aromatic rings. The van der Waals surface area contributed by atoms with Crippen molar-refractivity contribution in [2.45, 2.75) is 75.9 Å². The highest BCUT2D eigenvalue weighted by molar-refractivity contribution is 5.88. The molecule has 1 spiro atoms. The first kappa shape index (κ1) is 37.4. The number of quaternary nitrogens is 1. The second kappa shape index (κ2) is 13.6. The number of esters is 1. The Morgan fingerprint density at radius 3 is 2.69 bits per heavy atom. The lowest BCUT2D eigenvalue weighted by Crippen LogP contribution is -3.04. The van der Waals surface area contributed by atoms with E-state index in [0.29, 0.717) is 66.8 Å². The Morgan fingerprint density at radius 1 is 1.05 bits per heavy atom. The monoisotopic (exact) mass is 798 g/mol. The van der Waals surface area contributed by atoms with Crippen LogP contribution in [-0.4, -0.2) is 70.8 Å². The van der Waals surface area contributed by atoms with E-state index in [9.17, 15) is 14.7 Å². The van der Waals surface area contributed by atoms with Crippen molar-refractivity contribution >= 4 is 34.8 Å². The van der Waals surface area contributed by atoms with Gasteiger partial charge in [0.1, 0.15) is 76.6 Å². The number of rotatable bonds is 8. The average Bonchev–Trinajstić information content (AvgIpc) is 3.52. The lowest BCUT2D eigenvalue weighted by Gasteiger charge is -2.47. The maximum Gasteiger partial charge on any atom is 0.342 e. The molecule has 3 aromatic heterocycles. The molecule has 0 amide bonds. The number of aromatic hydroxyl groups is 1. The number of allylic oxidation sites excluding steroid dienone is 2. The van der Waals surface area contributed by atoms with Gasteiger partial charge < -0.3 is 40.5 Å². The highest BCUT2D eigenvalue weighted by atomic mass is 16.7. The van der Waals surface area contributed by atoms with Gasteiger partial charge in [-0.05, 0) is 101 Å². The third-order valence-electron chi connectivity index (χ3n) is 13.0. The summed E-state index contributed by atoms with van der Waals surface area (Å²) in [7, 11) is 1.91. The SMILES string of the molecule is CNC[C@H]1C[C@@H]2C=C[C@@H]1[C@H]1c3c(cc4oc(C)cc(=O)c4c3O)OC(C)(C)[C@@H]1OC(=O)[C@]21O[C@@H]1CCc1cc(N)nc(-c2cc(N)nc(C[NH+]3C=C4N=CC=C4C3)c2)c1. The van der Waals surface area contributed by atoms with Gasteiger partial charge in [0, 0.05) is 46.9 Å². The van der Waals surface area contributed by atoms with Crippen LogP contribution in [0.3, 0.4) is 0 Å². The Balaban J connectivity index is 0.934. The molecule has 9 heterocycles. The van der Waals surface area contributed by atoms with Crippen LogP contribution in [0.5, 0.6) is 11.5 Å². The molecular weight excluding hydrogens is 751 g/mol. The van der Waals surface area contributed by atoms with Crippen molar-refractivity contribution in [1.82, 2.24) is 15.3 Å². The van der Waals surface area contributed by atoms with Gasteiger partial charge in [-0.1, -0.05) is 12.2 Å². The number of benzene rings is 1. The van der Waals surface area contributed by atoms with Crippen LogP contribution >= 0.6 is 0 Å². The summed E-state index contributed by atoms with van der Waals surface area (Å²) in [5.41, 5.74) is 16.4. The standard InChI is InChI=1S/C45H47N7O7/c1-22-11-32(53)39-33(56-22)17-34-40(41(39)54)38-29-7-6-27(14-26(29)18-48-4)45(43(55)57-42(38)44(2,3)58-34)35(59-45)8-5-23-12-30(51-36(46)13-23)25-15-28(50-37(47)16-25)20-52-19-24-9-10-49-31(24)21-52/h6-7,9-13,15-17,21,26-27,29,35,38,42,48,54H,5,8,14,18-20H2,1-4H3,(H2,46,51)(H2,47,50)/p+1/t26-,27+,29+,35-,38+,42-,45+/m1/s1. The smallest absolute Gasteiger partial charge is 0.342 e. The van der Waals surface area contributed by atoms with E-state index in [0.717, 1.165) is 29.1 Å². The number of hydrogen-bond acceptors (Lipinski definition) is 13. The number of carbonyl (C=O) groups is 1. The normalized spacial score (nSPS) is 29.5. The molecule has 1 aliphatic carbocycles. The Hall–Kier alpha value is -5.83. The first-order valence-electron chi connectivity index (χ1n) is 20.4. The lowest BCUT2D eigenvalue weighted by molar-refractivity contribution is -0.852. The van der Waals surface area contributed by atoms with Crippen LogP contribution in [0.15, 0.2) is 86.3 Å². The summed E-state index contributed by atoms with van der Waals surface area (Å²) in [6, 6.07) is 10.7. The van der Waals surface area contributed by atoms with Crippen molar-refractivity contribution in [3.05, 3.63) is 105 Å². The van der Waals surface area contributed by atoms with Gasteiger partial charge in [0.15, 0.2) is 11.0 Å². The first-order chi connectivity index (χ1) is 28.3. The van der Waals surface area contributed by atoms with Gasteiger partial charge in [-0.15, -0.1) is 0 Å². The van der Waals surface area contributed by atoms with Gasteiger partial charge in [0.25, 0.3) is 0 Å². The maximum absolute atomic E-state index is 14.7. The molecule has 1 aromatic carbocycles. The fourth-order valence-corrected chi connectivity index (χ4v) is 10.4. The summed E-state index contributed by atoms with van der Waals surface area (Å²) < 4.78 is 25.6. The van der Waals surface area contributed by atoms with E-state index in [1.165, 1.54) is 16.5 Å². The molecule has 2 bridgehead atoms. The third-order valence-corrected chi connectivity index (χ3v) is 13.0. The number of aliphatic imine (C=N–C) groups is 1. The number of phenols is 1. The number of nitrogens with two attached hydrogens (primary N) is 2. The number of nitrogen functional groups attached to an aromatic ring is 2. The second-order valence-electron chi connectivity index (χ2n) is 17.4. The van der Waals surface area contributed by atoms with Crippen molar-refractivity contribution < 1.29 is 33.4 Å². The van der Waals surface area contributed by atoms with Crippen LogP contribution in [0.25, 0.3) is 22.2 Å². The lowest BCUT2D eigenvalue weighted by atomic mass is 9.64. The van der Waals surface area contributed by atoms with E-state index >= 15 is 0 Å². The zero-order chi connectivity index (χ0) is 41.0. The van der Waals surface area contributed by atoms with Crippen molar-refractivity contribution in [3.63, 3.8) is 0 Å². The Kier molecular flexibility index (Phi) is 8.64. The minimum absolute atomic E-state index is 0.0409. The van der Waals surface area contributed by atoms with Crippen LogP contribution in [0, 0.1) is 24.7 Å². The van der Waals surface area contributed by atoms with Crippen molar-refractivity contribution in [3.8, 4) is 22.8 Å². The third kappa shape index (κ3) is 6.23. The second-order valence-corrected chi connectivity index (χ2v) is 17.4. The number of phenolic OH excluding ortho intramolecular Hbond substituents is 1. The quantitative estimate of drug-likeness (QED) is 0.0985. The summed E-state index contributed by atoms with van der Waals surface area (Å²) in [5.74, 6) is 0.0655.